The summed E-state index contributed by atoms with van der Waals surface area (Å²) >= 11 is 0. The first-order valence-corrected chi connectivity index (χ1v) is 8.34. The smallest absolute Gasteiger partial charge is 0.170 e. The van der Waals surface area contributed by atoms with Gasteiger partial charge in [0.2, 0.25) is 0 Å². The molecule has 0 bridgehead atoms. The van der Waals surface area contributed by atoms with Crippen molar-refractivity contribution in [1.82, 2.24) is 19.7 Å². The van der Waals surface area contributed by atoms with Gasteiger partial charge in [0.1, 0.15) is 23.5 Å². The lowest BCUT2D eigenvalue weighted by molar-refractivity contribution is 0.0538. The Balaban J connectivity index is 1.50. The first-order chi connectivity index (χ1) is 12.2. The van der Waals surface area contributed by atoms with E-state index in [-0.39, 0.29) is 5.78 Å². The van der Waals surface area contributed by atoms with Gasteiger partial charge in [0.15, 0.2) is 11.4 Å². The summed E-state index contributed by atoms with van der Waals surface area (Å²) in [5, 5.41) is 5.20. The van der Waals surface area contributed by atoms with Crippen LogP contribution in [0.5, 0.6) is 5.75 Å². The van der Waals surface area contributed by atoms with Gasteiger partial charge in [-0.05, 0) is 12.1 Å². The van der Waals surface area contributed by atoms with Gasteiger partial charge < -0.3 is 9.64 Å². The van der Waals surface area contributed by atoms with Crippen LogP contribution in [0.15, 0.2) is 36.8 Å². The van der Waals surface area contributed by atoms with Crippen LogP contribution in [-0.2, 0) is 7.05 Å². The van der Waals surface area contributed by atoms with Crippen LogP contribution in [0.2, 0.25) is 0 Å². The SMILES string of the molecule is Cn1ncc2c(N3CCC4(CC(=O)c5ccccc5O4)C3)ncnc21. The molecule has 1 aromatic carbocycles. The summed E-state index contributed by atoms with van der Waals surface area (Å²) in [5.41, 5.74) is 1.01. The molecule has 2 aliphatic heterocycles. The maximum atomic E-state index is 12.6. The normalized spacial score (nSPS) is 22.4. The molecule has 3 aromatic rings. The van der Waals surface area contributed by atoms with Crippen molar-refractivity contribution in [3.8, 4) is 5.75 Å². The molecule has 126 valence electrons. The van der Waals surface area contributed by atoms with Crippen molar-refractivity contribution >= 4 is 22.6 Å². The molecular weight excluding hydrogens is 318 g/mol. The van der Waals surface area contributed by atoms with Gasteiger partial charge in [-0.15, -0.1) is 0 Å². The number of carbonyl (C=O) groups is 1. The summed E-state index contributed by atoms with van der Waals surface area (Å²) in [6.07, 6.45) is 4.55. The summed E-state index contributed by atoms with van der Waals surface area (Å²) in [5.74, 6) is 1.69. The first kappa shape index (κ1) is 14.4. The van der Waals surface area contributed by atoms with Crippen LogP contribution in [-0.4, -0.2) is 44.2 Å². The maximum absolute atomic E-state index is 12.6. The van der Waals surface area contributed by atoms with E-state index < -0.39 is 5.60 Å². The number of aryl methyl sites for hydroxylation is 1. The molecule has 0 aliphatic carbocycles. The Morgan fingerprint density at radius 3 is 3.04 bits per heavy atom. The Labute approximate surface area is 144 Å². The summed E-state index contributed by atoms with van der Waals surface area (Å²) < 4.78 is 8.03. The number of carbonyl (C=O) groups excluding carboxylic acids is 1. The van der Waals surface area contributed by atoms with Crippen molar-refractivity contribution in [2.75, 3.05) is 18.0 Å². The number of ketones is 1. The van der Waals surface area contributed by atoms with Crippen molar-refractivity contribution < 1.29 is 9.53 Å². The van der Waals surface area contributed by atoms with Gasteiger partial charge in [-0.2, -0.15) is 5.10 Å². The predicted octanol–water partition coefficient (Wildman–Crippen LogP) is 1.98. The van der Waals surface area contributed by atoms with Crippen molar-refractivity contribution in [1.29, 1.82) is 0 Å². The van der Waals surface area contributed by atoms with E-state index >= 15 is 0 Å². The number of rotatable bonds is 1. The number of aromatic nitrogens is 4. The Morgan fingerprint density at radius 1 is 1.24 bits per heavy atom. The average Bonchev–Trinajstić information content (AvgIpc) is 3.19. The van der Waals surface area contributed by atoms with E-state index in [4.69, 9.17) is 4.74 Å². The highest BCUT2D eigenvalue weighted by Crippen LogP contribution is 2.40. The van der Waals surface area contributed by atoms with Crippen LogP contribution >= 0.6 is 0 Å². The number of para-hydroxylation sites is 1. The lowest BCUT2D eigenvalue weighted by atomic mass is 9.89. The third kappa shape index (κ3) is 2.12. The Morgan fingerprint density at radius 2 is 2.12 bits per heavy atom. The number of hydrogen-bond donors (Lipinski definition) is 0. The molecule has 0 radical (unpaired) electrons. The Bertz CT molecular complexity index is 998. The minimum atomic E-state index is -0.481. The van der Waals surface area contributed by atoms with Crippen molar-refractivity contribution in [3.63, 3.8) is 0 Å². The van der Waals surface area contributed by atoms with Crippen molar-refractivity contribution in [3.05, 3.63) is 42.4 Å². The van der Waals surface area contributed by atoms with E-state index in [2.05, 4.69) is 20.0 Å². The molecule has 1 unspecified atom stereocenters. The average molecular weight is 335 g/mol. The van der Waals surface area contributed by atoms with E-state index in [1.807, 2.05) is 31.3 Å². The number of anilines is 1. The molecule has 2 aromatic heterocycles. The van der Waals surface area contributed by atoms with Gasteiger partial charge in [-0.3, -0.25) is 9.48 Å². The fraction of sp³-hybridized carbons (Fsp3) is 0.333. The molecule has 2 aliphatic rings. The zero-order chi connectivity index (χ0) is 17.0. The van der Waals surface area contributed by atoms with Crippen LogP contribution in [0.4, 0.5) is 5.82 Å². The minimum Gasteiger partial charge on any atom is -0.484 e. The lowest BCUT2D eigenvalue weighted by Gasteiger charge is -2.34. The third-order valence-electron chi connectivity index (χ3n) is 5.12. The van der Waals surface area contributed by atoms with Crippen LogP contribution in [0, 0.1) is 0 Å². The van der Waals surface area contributed by atoms with Gasteiger partial charge in [0.25, 0.3) is 0 Å². The van der Waals surface area contributed by atoms with Crippen molar-refractivity contribution in [2.45, 2.75) is 18.4 Å². The van der Waals surface area contributed by atoms with Crippen LogP contribution in [0.25, 0.3) is 11.0 Å². The fourth-order valence-electron chi connectivity index (χ4n) is 3.90. The summed E-state index contributed by atoms with van der Waals surface area (Å²) in [6.45, 7) is 1.42. The highest BCUT2D eigenvalue weighted by atomic mass is 16.5. The summed E-state index contributed by atoms with van der Waals surface area (Å²) in [7, 11) is 1.87. The van der Waals surface area contributed by atoms with Gasteiger partial charge in [0, 0.05) is 20.0 Å². The first-order valence-electron chi connectivity index (χ1n) is 8.34. The Hall–Kier alpha value is -2.96. The molecule has 1 saturated heterocycles. The molecule has 0 saturated carbocycles. The topological polar surface area (TPSA) is 73.1 Å². The quantitative estimate of drug-likeness (QED) is 0.677. The second kappa shape index (κ2) is 5.02. The molecule has 4 heterocycles. The maximum Gasteiger partial charge on any atom is 0.170 e. The zero-order valence-electron chi connectivity index (χ0n) is 13.8. The third-order valence-corrected chi connectivity index (χ3v) is 5.12. The van der Waals surface area contributed by atoms with E-state index in [1.54, 1.807) is 17.2 Å². The molecule has 1 spiro atoms. The van der Waals surface area contributed by atoms with Crippen LogP contribution < -0.4 is 9.64 Å². The largest absolute Gasteiger partial charge is 0.484 e. The highest BCUT2D eigenvalue weighted by Gasteiger charge is 2.46. The van der Waals surface area contributed by atoms with Gasteiger partial charge in [-0.25, -0.2) is 9.97 Å². The molecular formula is C18H17N5O2. The summed E-state index contributed by atoms with van der Waals surface area (Å²) in [6, 6.07) is 7.49. The monoisotopic (exact) mass is 335 g/mol. The number of benzene rings is 1. The standard InChI is InChI=1S/C18H17N5O2/c1-22-16-13(9-21-22)17(20-11-19-16)23-7-6-18(10-23)8-14(24)12-4-2-3-5-15(12)25-18/h2-5,9,11H,6-8,10H2,1H3. The zero-order valence-corrected chi connectivity index (χ0v) is 13.8. The van der Waals surface area contributed by atoms with Gasteiger partial charge in [0.05, 0.1) is 30.1 Å². The summed E-state index contributed by atoms with van der Waals surface area (Å²) in [4.78, 5) is 23.5. The molecule has 7 nitrogen and oxygen atoms in total. The number of hydrogen-bond acceptors (Lipinski definition) is 6. The lowest BCUT2D eigenvalue weighted by Crippen LogP contribution is -2.44. The number of nitrogens with zero attached hydrogens (tertiary/aromatic N) is 5. The molecule has 25 heavy (non-hydrogen) atoms. The molecule has 7 heteroatoms. The molecule has 0 N–H and O–H groups in total. The van der Waals surface area contributed by atoms with E-state index in [9.17, 15) is 4.79 Å². The van der Waals surface area contributed by atoms with E-state index in [1.165, 1.54) is 0 Å². The molecule has 1 atom stereocenters. The second-order valence-corrected chi connectivity index (χ2v) is 6.76. The number of fused-ring (bicyclic) bond motifs is 2. The van der Waals surface area contributed by atoms with E-state index in [0.29, 0.717) is 24.3 Å². The van der Waals surface area contributed by atoms with Gasteiger partial charge in [-0.1, -0.05) is 12.1 Å². The number of Topliss-reactive ketones (excluding diaryl/α,β-unsaturated/α-hetero) is 1. The predicted molar refractivity (Wildman–Crippen MR) is 91.9 cm³/mol. The molecule has 1 fully saturated rings. The van der Waals surface area contributed by atoms with Crippen molar-refractivity contribution in [2.24, 2.45) is 7.05 Å². The molecule has 5 rings (SSSR count). The fourth-order valence-corrected chi connectivity index (χ4v) is 3.90. The van der Waals surface area contributed by atoms with Crippen LogP contribution in [0.3, 0.4) is 0 Å². The minimum absolute atomic E-state index is 0.151. The Kier molecular flexibility index (Phi) is 2.89. The highest BCUT2D eigenvalue weighted by molar-refractivity contribution is 6.00. The second-order valence-electron chi connectivity index (χ2n) is 6.76. The van der Waals surface area contributed by atoms with Gasteiger partial charge >= 0.3 is 0 Å². The number of ether oxygens (including phenoxy) is 1. The molecule has 0 amide bonds. The van der Waals surface area contributed by atoms with Crippen LogP contribution in [0.1, 0.15) is 23.2 Å². The van der Waals surface area contributed by atoms with E-state index in [0.717, 1.165) is 29.8 Å².